The predicted molar refractivity (Wildman–Crippen MR) is 73.3 cm³/mol. The zero-order valence-electron chi connectivity index (χ0n) is 10.9. The molecule has 1 atom stereocenters. The summed E-state index contributed by atoms with van der Waals surface area (Å²) in [7, 11) is 2.40. The number of carbonyl (C=O) groups excluding carboxylic acids is 2. The van der Waals surface area contributed by atoms with Crippen LogP contribution in [0.4, 0.5) is 10.1 Å². The first-order chi connectivity index (χ1) is 9.75. The lowest BCUT2D eigenvalue weighted by Gasteiger charge is -2.19. The third kappa shape index (κ3) is 3.01. The van der Waals surface area contributed by atoms with E-state index in [1.165, 1.54) is 12.1 Å². The molecule has 0 aliphatic carbocycles. The van der Waals surface area contributed by atoms with Crippen molar-refractivity contribution in [3.05, 3.63) is 29.6 Å². The number of rotatable bonds is 3. The quantitative estimate of drug-likeness (QED) is 0.614. The third-order valence-corrected chi connectivity index (χ3v) is 5.03. The Balaban J connectivity index is 2.46. The SMILES string of the molecule is COC(=O)c1c(F)cccc1N1CC(S(=O)(=O)Cl)CC1=O. The number of ether oxygens (including phenoxy) is 1. The zero-order chi connectivity index (χ0) is 15.8. The van der Waals surface area contributed by atoms with Gasteiger partial charge in [0.2, 0.25) is 15.0 Å². The Bertz CT molecular complexity index is 706. The fraction of sp³-hybridized carbons (Fsp3) is 0.333. The predicted octanol–water partition coefficient (Wildman–Crippen LogP) is 1.29. The second-order valence-electron chi connectivity index (χ2n) is 4.43. The van der Waals surface area contributed by atoms with Gasteiger partial charge in [0.05, 0.1) is 12.8 Å². The standard InChI is InChI=1S/C12H11ClFNO5S/c1-20-12(17)11-8(14)3-2-4-9(11)15-6-7(5-10(15)16)21(13,18)19/h2-4,7H,5-6H2,1H3. The maximum absolute atomic E-state index is 13.8. The van der Waals surface area contributed by atoms with Gasteiger partial charge in [0, 0.05) is 23.6 Å². The summed E-state index contributed by atoms with van der Waals surface area (Å²) in [4.78, 5) is 24.6. The number of nitrogens with zero attached hydrogens (tertiary/aromatic N) is 1. The van der Waals surface area contributed by atoms with E-state index in [1.807, 2.05) is 0 Å². The number of methoxy groups -OCH3 is 1. The van der Waals surface area contributed by atoms with Crippen LogP contribution in [0.15, 0.2) is 18.2 Å². The number of carbonyl (C=O) groups is 2. The van der Waals surface area contributed by atoms with E-state index < -0.39 is 37.6 Å². The molecule has 2 rings (SSSR count). The molecule has 1 unspecified atom stereocenters. The van der Waals surface area contributed by atoms with Crippen molar-refractivity contribution in [3.63, 3.8) is 0 Å². The van der Waals surface area contributed by atoms with Crippen LogP contribution in [-0.4, -0.2) is 39.2 Å². The average molecular weight is 336 g/mol. The van der Waals surface area contributed by atoms with Crippen molar-refractivity contribution in [2.45, 2.75) is 11.7 Å². The van der Waals surface area contributed by atoms with Crippen LogP contribution in [0.3, 0.4) is 0 Å². The number of halogens is 2. The molecule has 0 spiro atoms. The molecule has 1 amide bonds. The normalized spacial score (nSPS) is 18.9. The van der Waals surface area contributed by atoms with Crippen molar-refractivity contribution in [3.8, 4) is 0 Å². The summed E-state index contributed by atoms with van der Waals surface area (Å²) < 4.78 is 40.9. The highest BCUT2D eigenvalue weighted by molar-refractivity contribution is 8.14. The molecule has 1 aromatic carbocycles. The average Bonchev–Trinajstić information content (AvgIpc) is 2.79. The van der Waals surface area contributed by atoms with E-state index in [0.717, 1.165) is 18.1 Å². The number of hydrogen-bond donors (Lipinski definition) is 0. The Hall–Kier alpha value is -1.67. The van der Waals surface area contributed by atoms with Crippen LogP contribution >= 0.6 is 10.7 Å². The van der Waals surface area contributed by atoms with E-state index in [9.17, 15) is 22.4 Å². The Kier molecular flexibility index (Phi) is 4.20. The Morgan fingerprint density at radius 1 is 1.48 bits per heavy atom. The minimum Gasteiger partial charge on any atom is -0.465 e. The van der Waals surface area contributed by atoms with Crippen molar-refractivity contribution in [1.82, 2.24) is 0 Å². The van der Waals surface area contributed by atoms with Crippen molar-refractivity contribution in [1.29, 1.82) is 0 Å². The van der Waals surface area contributed by atoms with Crippen molar-refractivity contribution >= 4 is 37.3 Å². The Labute approximate surface area is 124 Å². The van der Waals surface area contributed by atoms with Gasteiger partial charge in [-0.05, 0) is 12.1 Å². The molecule has 6 nitrogen and oxygen atoms in total. The number of hydrogen-bond acceptors (Lipinski definition) is 5. The summed E-state index contributed by atoms with van der Waals surface area (Å²) in [6, 6.07) is 3.70. The molecule has 9 heteroatoms. The molecule has 1 aromatic rings. The molecular formula is C12H11ClFNO5S. The van der Waals surface area contributed by atoms with Crippen LogP contribution in [0.25, 0.3) is 0 Å². The van der Waals surface area contributed by atoms with Crippen LogP contribution < -0.4 is 4.90 Å². The van der Waals surface area contributed by atoms with Gasteiger partial charge in [-0.3, -0.25) is 4.79 Å². The summed E-state index contributed by atoms with van der Waals surface area (Å²) in [5.74, 6) is -2.36. The van der Waals surface area contributed by atoms with Crippen LogP contribution in [0.1, 0.15) is 16.8 Å². The molecule has 0 radical (unpaired) electrons. The highest BCUT2D eigenvalue weighted by Crippen LogP contribution is 2.30. The van der Waals surface area contributed by atoms with Gasteiger partial charge in [-0.1, -0.05) is 6.07 Å². The second-order valence-corrected chi connectivity index (χ2v) is 7.34. The van der Waals surface area contributed by atoms with Crippen LogP contribution in [0.5, 0.6) is 0 Å². The zero-order valence-corrected chi connectivity index (χ0v) is 12.4. The van der Waals surface area contributed by atoms with Crippen molar-refractivity contribution in [2.24, 2.45) is 0 Å². The minimum absolute atomic E-state index is 0.0327. The van der Waals surface area contributed by atoms with Crippen LogP contribution in [0, 0.1) is 5.82 Å². The molecule has 114 valence electrons. The lowest BCUT2D eigenvalue weighted by Crippen LogP contribution is -2.29. The molecule has 1 heterocycles. The van der Waals surface area contributed by atoms with Crippen LogP contribution in [-0.2, 0) is 18.6 Å². The molecule has 0 aromatic heterocycles. The van der Waals surface area contributed by atoms with Gasteiger partial charge in [-0.2, -0.15) is 0 Å². The van der Waals surface area contributed by atoms with Crippen molar-refractivity contribution < 1.29 is 27.1 Å². The first-order valence-electron chi connectivity index (χ1n) is 5.86. The lowest BCUT2D eigenvalue weighted by atomic mass is 10.1. The summed E-state index contributed by atoms with van der Waals surface area (Å²) in [6.45, 7) is -0.238. The van der Waals surface area contributed by atoms with Gasteiger partial charge in [-0.25, -0.2) is 17.6 Å². The number of benzene rings is 1. The molecular weight excluding hydrogens is 325 g/mol. The molecule has 1 saturated heterocycles. The minimum atomic E-state index is -3.93. The highest BCUT2D eigenvalue weighted by Gasteiger charge is 2.39. The Morgan fingerprint density at radius 2 is 2.14 bits per heavy atom. The van der Waals surface area contributed by atoms with Gasteiger partial charge >= 0.3 is 5.97 Å². The molecule has 0 saturated carbocycles. The van der Waals surface area contributed by atoms with E-state index in [0.29, 0.717) is 0 Å². The topological polar surface area (TPSA) is 80.8 Å². The molecule has 1 fully saturated rings. The summed E-state index contributed by atoms with van der Waals surface area (Å²) in [6.07, 6.45) is -0.317. The number of esters is 1. The third-order valence-electron chi connectivity index (χ3n) is 3.16. The maximum atomic E-state index is 13.8. The fourth-order valence-electron chi connectivity index (χ4n) is 2.14. The smallest absolute Gasteiger partial charge is 0.343 e. The second kappa shape index (κ2) is 5.61. The largest absolute Gasteiger partial charge is 0.465 e. The molecule has 1 aliphatic heterocycles. The first-order valence-corrected chi connectivity index (χ1v) is 8.23. The molecule has 0 bridgehead atoms. The van der Waals surface area contributed by atoms with E-state index in [-0.39, 0.29) is 18.7 Å². The van der Waals surface area contributed by atoms with Crippen LogP contribution in [0.2, 0.25) is 0 Å². The van der Waals surface area contributed by atoms with Gasteiger partial charge in [-0.15, -0.1) is 0 Å². The van der Waals surface area contributed by atoms with Gasteiger partial charge < -0.3 is 9.64 Å². The van der Waals surface area contributed by atoms with E-state index in [4.69, 9.17) is 10.7 Å². The van der Waals surface area contributed by atoms with E-state index >= 15 is 0 Å². The summed E-state index contributed by atoms with van der Waals surface area (Å²) in [5, 5.41) is -1.10. The van der Waals surface area contributed by atoms with E-state index in [2.05, 4.69) is 4.74 Å². The number of amides is 1. The molecule has 0 N–H and O–H groups in total. The Morgan fingerprint density at radius 3 is 2.67 bits per heavy atom. The summed E-state index contributed by atoms with van der Waals surface area (Å²) in [5.41, 5.74) is -0.448. The molecule has 1 aliphatic rings. The van der Waals surface area contributed by atoms with Crippen molar-refractivity contribution in [2.75, 3.05) is 18.6 Å². The summed E-state index contributed by atoms with van der Waals surface area (Å²) >= 11 is 0. The van der Waals surface area contributed by atoms with E-state index in [1.54, 1.807) is 0 Å². The van der Waals surface area contributed by atoms with Gasteiger partial charge in [0.25, 0.3) is 0 Å². The monoisotopic (exact) mass is 335 g/mol. The number of anilines is 1. The molecule has 21 heavy (non-hydrogen) atoms. The lowest BCUT2D eigenvalue weighted by molar-refractivity contribution is -0.117. The fourth-order valence-corrected chi connectivity index (χ4v) is 3.16. The first kappa shape index (κ1) is 15.7. The van der Waals surface area contributed by atoms with Gasteiger partial charge in [0.15, 0.2) is 0 Å². The van der Waals surface area contributed by atoms with Gasteiger partial charge in [0.1, 0.15) is 16.6 Å². The highest BCUT2D eigenvalue weighted by atomic mass is 35.7. The maximum Gasteiger partial charge on any atom is 0.343 e.